The second-order valence-corrected chi connectivity index (χ2v) is 4.55. The van der Waals surface area contributed by atoms with Crippen LogP contribution in [0.2, 0.25) is 0 Å². The summed E-state index contributed by atoms with van der Waals surface area (Å²) < 4.78 is 5.08. The van der Waals surface area contributed by atoms with Crippen LogP contribution in [0.4, 0.5) is 0 Å². The van der Waals surface area contributed by atoms with Crippen LogP contribution < -0.4 is 10.1 Å². The van der Waals surface area contributed by atoms with Gasteiger partial charge in [-0.3, -0.25) is 10.1 Å². The zero-order valence-electron chi connectivity index (χ0n) is 11.5. The first-order chi connectivity index (χ1) is 10.1. The van der Waals surface area contributed by atoms with Gasteiger partial charge in [0.15, 0.2) is 0 Å². The van der Waals surface area contributed by atoms with Crippen molar-refractivity contribution in [2.45, 2.75) is 19.0 Å². The molecular weight excluding hydrogens is 274 g/mol. The number of carboxylic acids is 1. The zero-order chi connectivity index (χ0) is 15.2. The van der Waals surface area contributed by atoms with Crippen molar-refractivity contribution in [1.29, 1.82) is 0 Å². The lowest BCUT2D eigenvalue weighted by Crippen LogP contribution is -2.38. The molecule has 2 rings (SSSR count). The Morgan fingerprint density at radius 3 is 2.95 bits per heavy atom. The maximum Gasteiger partial charge on any atom is 0.321 e. The van der Waals surface area contributed by atoms with Crippen molar-refractivity contribution in [2.75, 3.05) is 7.11 Å². The topological polar surface area (TPSA) is 107 Å². The Labute approximate surface area is 121 Å². The smallest absolute Gasteiger partial charge is 0.321 e. The molecule has 4 N–H and O–H groups in total. The van der Waals surface area contributed by atoms with Crippen LogP contribution in [0.15, 0.2) is 30.7 Å². The van der Waals surface area contributed by atoms with Crippen molar-refractivity contribution in [3.63, 3.8) is 0 Å². The SMILES string of the molecule is COc1ccc(O)c(CN[C@@H](Cc2cnc[nH]2)C(=O)O)c1. The number of carboxylic acid groups (broad SMARTS) is 1. The molecule has 0 bridgehead atoms. The summed E-state index contributed by atoms with van der Waals surface area (Å²) in [5.41, 5.74) is 1.30. The lowest BCUT2D eigenvalue weighted by molar-refractivity contribution is -0.139. The summed E-state index contributed by atoms with van der Waals surface area (Å²) >= 11 is 0. The molecule has 112 valence electrons. The molecular formula is C14H17N3O4. The first-order valence-electron chi connectivity index (χ1n) is 6.39. The Morgan fingerprint density at radius 2 is 2.33 bits per heavy atom. The summed E-state index contributed by atoms with van der Waals surface area (Å²) in [7, 11) is 1.53. The highest BCUT2D eigenvalue weighted by Crippen LogP contribution is 2.22. The van der Waals surface area contributed by atoms with Gasteiger partial charge in [-0.2, -0.15) is 0 Å². The first kappa shape index (κ1) is 14.9. The van der Waals surface area contributed by atoms with Gasteiger partial charge in [0.2, 0.25) is 0 Å². The van der Waals surface area contributed by atoms with Gasteiger partial charge in [-0.05, 0) is 18.2 Å². The minimum absolute atomic E-state index is 0.0916. The van der Waals surface area contributed by atoms with E-state index in [4.69, 9.17) is 4.74 Å². The van der Waals surface area contributed by atoms with Crippen LogP contribution in [0.5, 0.6) is 11.5 Å². The molecule has 1 aromatic heterocycles. The number of aromatic nitrogens is 2. The number of hydrogen-bond donors (Lipinski definition) is 4. The van der Waals surface area contributed by atoms with E-state index in [1.54, 1.807) is 18.3 Å². The van der Waals surface area contributed by atoms with Crippen LogP contribution in [0.3, 0.4) is 0 Å². The number of nitrogens with zero attached hydrogens (tertiary/aromatic N) is 1. The Kier molecular flexibility index (Phi) is 4.78. The molecule has 0 aliphatic heterocycles. The number of methoxy groups -OCH3 is 1. The summed E-state index contributed by atoms with van der Waals surface area (Å²) in [6.45, 7) is 0.216. The third-order valence-electron chi connectivity index (χ3n) is 3.10. The molecule has 0 spiro atoms. The lowest BCUT2D eigenvalue weighted by Gasteiger charge is -2.14. The molecule has 7 heteroatoms. The highest BCUT2D eigenvalue weighted by atomic mass is 16.5. The molecule has 7 nitrogen and oxygen atoms in total. The Bertz CT molecular complexity index is 598. The molecule has 21 heavy (non-hydrogen) atoms. The molecule has 1 heterocycles. The van der Waals surface area contributed by atoms with Crippen molar-refractivity contribution in [3.05, 3.63) is 42.0 Å². The number of rotatable bonds is 7. The molecule has 0 aliphatic rings. The van der Waals surface area contributed by atoms with E-state index in [-0.39, 0.29) is 18.7 Å². The predicted octanol–water partition coefficient (Wildman–Crippen LogP) is 0.909. The number of phenols is 1. The number of ether oxygens (including phenoxy) is 1. The van der Waals surface area contributed by atoms with Gasteiger partial charge >= 0.3 is 5.97 Å². The van der Waals surface area contributed by atoms with E-state index in [9.17, 15) is 15.0 Å². The number of imidazole rings is 1. The van der Waals surface area contributed by atoms with E-state index in [0.29, 0.717) is 11.3 Å². The molecule has 0 unspecified atom stereocenters. The van der Waals surface area contributed by atoms with Crippen molar-refractivity contribution >= 4 is 5.97 Å². The van der Waals surface area contributed by atoms with E-state index >= 15 is 0 Å². The number of carbonyl (C=O) groups is 1. The zero-order valence-corrected chi connectivity index (χ0v) is 11.5. The third-order valence-corrected chi connectivity index (χ3v) is 3.10. The fourth-order valence-electron chi connectivity index (χ4n) is 1.93. The molecule has 0 amide bonds. The van der Waals surface area contributed by atoms with Gasteiger partial charge in [0.25, 0.3) is 0 Å². The highest BCUT2D eigenvalue weighted by Gasteiger charge is 2.18. The molecule has 0 aliphatic carbocycles. The van der Waals surface area contributed by atoms with Gasteiger partial charge < -0.3 is 19.9 Å². The lowest BCUT2D eigenvalue weighted by atomic mass is 10.1. The normalized spacial score (nSPS) is 12.0. The number of phenolic OH excluding ortho intramolecular Hbond substituents is 1. The number of aromatic amines is 1. The van der Waals surface area contributed by atoms with Gasteiger partial charge in [0.05, 0.1) is 13.4 Å². The second-order valence-electron chi connectivity index (χ2n) is 4.55. The fourth-order valence-corrected chi connectivity index (χ4v) is 1.93. The maximum absolute atomic E-state index is 11.3. The van der Waals surface area contributed by atoms with Gasteiger partial charge in [-0.1, -0.05) is 0 Å². The number of aromatic hydroxyl groups is 1. The van der Waals surface area contributed by atoms with Gasteiger partial charge in [0, 0.05) is 30.4 Å². The van der Waals surface area contributed by atoms with Crippen LogP contribution in [-0.2, 0) is 17.8 Å². The fraction of sp³-hybridized carbons (Fsp3) is 0.286. The molecule has 2 aromatic rings. The summed E-state index contributed by atoms with van der Waals surface area (Å²) in [5.74, 6) is -0.272. The number of nitrogens with one attached hydrogen (secondary N) is 2. The number of aliphatic carboxylic acids is 1. The second kappa shape index (κ2) is 6.76. The maximum atomic E-state index is 11.3. The van der Waals surface area contributed by atoms with Crippen LogP contribution in [0.25, 0.3) is 0 Å². The van der Waals surface area contributed by atoms with Crippen molar-refractivity contribution in [3.8, 4) is 11.5 Å². The largest absolute Gasteiger partial charge is 0.508 e. The van der Waals surface area contributed by atoms with Crippen LogP contribution in [0.1, 0.15) is 11.3 Å². The summed E-state index contributed by atoms with van der Waals surface area (Å²) in [5, 5.41) is 21.9. The van der Waals surface area contributed by atoms with E-state index in [0.717, 1.165) is 5.69 Å². The minimum atomic E-state index is -0.966. The summed E-state index contributed by atoms with van der Waals surface area (Å²) in [6.07, 6.45) is 3.36. The van der Waals surface area contributed by atoms with E-state index in [2.05, 4.69) is 15.3 Å². The Morgan fingerprint density at radius 1 is 1.52 bits per heavy atom. The van der Waals surface area contributed by atoms with Gasteiger partial charge in [0.1, 0.15) is 17.5 Å². The average molecular weight is 291 g/mol. The van der Waals surface area contributed by atoms with E-state index in [1.165, 1.54) is 19.5 Å². The van der Waals surface area contributed by atoms with Gasteiger partial charge in [-0.15, -0.1) is 0 Å². The Hall–Kier alpha value is -2.54. The number of hydrogen-bond acceptors (Lipinski definition) is 5. The average Bonchev–Trinajstić information content (AvgIpc) is 2.97. The molecule has 0 fully saturated rings. The van der Waals surface area contributed by atoms with Gasteiger partial charge in [-0.25, -0.2) is 4.98 Å². The molecule has 0 radical (unpaired) electrons. The highest BCUT2D eigenvalue weighted by molar-refractivity contribution is 5.73. The van der Waals surface area contributed by atoms with Crippen LogP contribution in [0, 0.1) is 0 Å². The minimum Gasteiger partial charge on any atom is -0.508 e. The summed E-state index contributed by atoms with van der Waals surface area (Å²) in [4.78, 5) is 18.0. The van der Waals surface area contributed by atoms with E-state index in [1.807, 2.05) is 0 Å². The number of H-pyrrole nitrogens is 1. The standard InChI is InChI=1S/C14H17N3O4/c1-21-11-2-3-13(18)9(4-11)6-16-12(14(19)20)5-10-7-15-8-17-10/h2-4,7-8,12,16,18H,5-6H2,1H3,(H,15,17)(H,19,20)/t12-/m0/s1. The third kappa shape index (κ3) is 3.96. The molecule has 1 atom stereocenters. The predicted molar refractivity (Wildman–Crippen MR) is 75.2 cm³/mol. The monoisotopic (exact) mass is 291 g/mol. The first-order valence-corrected chi connectivity index (χ1v) is 6.39. The van der Waals surface area contributed by atoms with Crippen LogP contribution >= 0.6 is 0 Å². The molecule has 0 saturated carbocycles. The van der Waals surface area contributed by atoms with Crippen molar-refractivity contribution in [2.24, 2.45) is 0 Å². The van der Waals surface area contributed by atoms with E-state index < -0.39 is 12.0 Å². The van der Waals surface area contributed by atoms with Crippen molar-refractivity contribution in [1.82, 2.24) is 15.3 Å². The quantitative estimate of drug-likeness (QED) is 0.604. The van der Waals surface area contributed by atoms with Crippen LogP contribution in [-0.4, -0.2) is 39.3 Å². The number of benzene rings is 1. The summed E-state index contributed by atoms with van der Waals surface area (Å²) in [6, 6.07) is 4.03. The molecule has 1 aromatic carbocycles. The molecule has 0 saturated heterocycles. The Balaban J connectivity index is 2.03. The van der Waals surface area contributed by atoms with Crippen molar-refractivity contribution < 1.29 is 19.7 Å².